The molecule has 17 nitrogen and oxygen atoms in total. The van der Waals surface area contributed by atoms with E-state index in [1.165, 1.54) is 39.7 Å². The molecule has 5 N–H and O–H groups in total. The molecule has 3 fully saturated rings. The lowest BCUT2D eigenvalue weighted by molar-refractivity contribution is -0.145. The number of thiazole rings is 1. The van der Waals surface area contributed by atoms with Crippen molar-refractivity contribution in [1.29, 1.82) is 0 Å². The molecule has 67 heavy (non-hydrogen) atoms. The molecule has 1 saturated heterocycles. The first-order chi connectivity index (χ1) is 32.1. The number of fused-ring (bicyclic) bond motifs is 3. The number of hydrogen-bond acceptors (Lipinski definition) is 12. The number of amides is 4. The number of nitrogens with zero attached hydrogens (tertiary/aromatic N) is 4. The predicted octanol–water partition coefficient (Wildman–Crippen LogP) is 6.17. The molecule has 4 heterocycles. The van der Waals surface area contributed by atoms with Crippen LogP contribution in [-0.4, -0.2) is 120 Å². The molecule has 1 unspecified atom stereocenters. The van der Waals surface area contributed by atoms with Crippen LogP contribution < -0.4 is 30.7 Å². The number of pyridine rings is 1. The molecule has 2 aromatic carbocycles. The smallest absolute Gasteiger partial charge is 0.330 e. The largest absolute Gasteiger partial charge is 0.497 e. The van der Waals surface area contributed by atoms with E-state index in [4.69, 9.17) is 19.4 Å². The molecule has 0 spiro atoms. The summed E-state index contributed by atoms with van der Waals surface area (Å²) in [6, 6.07) is 12.1. The van der Waals surface area contributed by atoms with Crippen molar-refractivity contribution in [2.45, 2.75) is 119 Å². The normalized spacial score (nSPS) is 24.6. The summed E-state index contributed by atoms with van der Waals surface area (Å²) in [6.07, 6.45) is 8.98. The van der Waals surface area contributed by atoms with Crippen LogP contribution in [0.3, 0.4) is 0 Å². The fourth-order valence-corrected chi connectivity index (χ4v) is 11.3. The Balaban J connectivity index is 1.07. The number of carbonyl (C=O) groups is 4. The Hall–Kier alpha value is -5.79. The first-order valence-corrected chi connectivity index (χ1v) is 25.5. The fraction of sp³-hybridized carbons (Fsp3) is 0.500. The number of rotatable bonds is 14. The van der Waals surface area contributed by atoms with Gasteiger partial charge in [0.25, 0.3) is 0 Å². The van der Waals surface area contributed by atoms with E-state index in [0.717, 1.165) is 37.2 Å². The third-order valence-corrected chi connectivity index (χ3v) is 15.9. The van der Waals surface area contributed by atoms with Crippen molar-refractivity contribution in [3.05, 3.63) is 72.1 Å². The minimum Gasteiger partial charge on any atom is -0.497 e. The third kappa shape index (κ3) is 10.7. The van der Waals surface area contributed by atoms with Crippen LogP contribution in [0, 0.1) is 11.8 Å². The van der Waals surface area contributed by atoms with Gasteiger partial charge in [-0.05, 0) is 82.6 Å². The highest BCUT2D eigenvalue weighted by molar-refractivity contribution is 7.89. The number of anilines is 1. The molecular formula is C48H60N8O9S2. The number of urea groups is 1. The number of nitrogens with one attached hydrogen (secondary N) is 4. The Kier molecular flexibility index (Phi) is 14.4. The number of sulfonamides is 1. The van der Waals surface area contributed by atoms with Gasteiger partial charge in [0.05, 0.1) is 29.8 Å². The Morgan fingerprint density at radius 1 is 1.03 bits per heavy atom. The van der Waals surface area contributed by atoms with Crippen molar-refractivity contribution >= 4 is 61.2 Å². The van der Waals surface area contributed by atoms with E-state index < -0.39 is 69.5 Å². The van der Waals surface area contributed by atoms with Crippen LogP contribution in [0.2, 0.25) is 0 Å². The summed E-state index contributed by atoms with van der Waals surface area (Å²) < 4.78 is 40.6. The van der Waals surface area contributed by atoms with Crippen molar-refractivity contribution < 1.29 is 42.2 Å². The van der Waals surface area contributed by atoms with Gasteiger partial charge in [-0.3, -0.25) is 9.59 Å². The number of hydrogen-bond donors (Lipinski definition) is 5. The standard InChI is InChI=1S/C48H60N8O9S2/c1-29(2)49-47-53-40(28-66-47)38-24-42(35-21-20-32(64-4)22-37(35)50-38)65-33-23-41-43(57)54-48(45(59)60)25-31(48)16-9-6-5-7-12-19-36(44(58)56(41)26-33)51-46(61)52-39(30-14-13-15-30)27-55(3)67(62,63)34-17-10-8-11-18-34/h8-11,16-18,20-22,24,28-31,33,36,39,41H,5-7,12-15,19,23,25-27H2,1-4H3,(H,49,53)(H,54,57)(H,59,60)(H2,51,52,61)/b16-9-/t31?,33-,36+,39-,41+,48-/m1/s1. The van der Waals surface area contributed by atoms with Crippen molar-refractivity contribution in [3.8, 4) is 22.9 Å². The number of ether oxygens (including phenoxy) is 2. The van der Waals surface area contributed by atoms with E-state index in [9.17, 15) is 32.7 Å². The molecule has 0 bridgehead atoms. The zero-order chi connectivity index (χ0) is 47.5. The van der Waals surface area contributed by atoms with E-state index in [1.807, 2.05) is 37.4 Å². The van der Waals surface area contributed by atoms with Crippen molar-refractivity contribution in [2.75, 3.05) is 32.6 Å². The lowest BCUT2D eigenvalue weighted by atomic mass is 9.79. The van der Waals surface area contributed by atoms with Gasteiger partial charge >= 0.3 is 12.0 Å². The molecule has 4 aliphatic rings. The van der Waals surface area contributed by atoms with E-state index in [0.29, 0.717) is 46.6 Å². The highest BCUT2D eigenvalue weighted by Gasteiger charge is 2.61. The second kappa shape index (κ2) is 20.2. The van der Waals surface area contributed by atoms with Crippen LogP contribution in [0.15, 0.2) is 77.0 Å². The number of carboxylic acid groups (broad SMARTS) is 1. The maximum absolute atomic E-state index is 15.0. The molecule has 2 saturated carbocycles. The monoisotopic (exact) mass is 956 g/mol. The summed E-state index contributed by atoms with van der Waals surface area (Å²) in [5.41, 5.74) is 0.235. The highest BCUT2D eigenvalue weighted by Crippen LogP contribution is 2.46. The molecule has 358 valence electrons. The zero-order valence-electron chi connectivity index (χ0n) is 38.3. The second-order valence-corrected chi connectivity index (χ2v) is 21.3. The first-order valence-electron chi connectivity index (χ1n) is 23.1. The number of carboxylic acids is 1. The van der Waals surface area contributed by atoms with Gasteiger partial charge in [-0.2, -0.15) is 4.31 Å². The average Bonchev–Trinajstić information content (AvgIpc) is 3.54. The molecule has 4 amide bonds. The topological polar surface area (TPSA) is 221 Å². The maximum Gasteiger partial charge on any atom is 0.330 e. The number of benzene rings is 2. The number of aromatic nitrogens is 2. The number of carbonyl (C=O) groups excluding carboxylic acids is 3. The number of aliphatic carboxylic acids is 1. The van der Waals surface area contributed by atoms with Gasteiger partial charge in [-0.15, -0.1) is 11.3 Å². The molecule has 19 heteroatoms. The summed E-state index contributed by atoms with van der Waals surface area (Å²) in [5.74, 6) is -1.62. The summed E-state index contributed by atoms with van der Waals surface area (Å²) in [6.45, 7) is 4.04. The van der Waals surface area contributed by atoms with Crippen molar-refractivity contribution in [3.63, 3.8) is 0 Å². The van der Waals surface area contributed by atoms with E-state index in [2.05, 4.69) is 21.3 Å². The number of methoxy groups -OCH3 is 1. The van der Waals surface area contributed by atoms with Gasteiger partial charge in [-0.25, -0.2) is 28.0 Å². The summed E-state index contributed by atoms with van der Waals surface area (Å²) in [4.78, 5) is 67.5. The van der Waals surface area contributed by atoms with Crippen molar-refractivity contribution in [1.82, 2.24) is 35.1 Å². The minimum atomic E-state index is -3.85. The van der Waals surface area contributed by atoms with Gasteiger partial charge in [0, 0.05) is 60.9 Å². The van der Waals surface area contributed by atoms with Crippen LogP contribution in [0.5, 0.6) is 11.5 Å². The molecule has 8 rings (SSSR count). The molecule has 2 aliphatic heterocycles. The molecular weight excluding hydrogens is 897 g/mol. The molecule has 2 aromatic heterocycles. The molecule has 2 aliphatic carbocycles. The molecule has 4 aromatic rings. The lowest BCUT2D eigenvalue weighted by Gasteiger charge is -2.36. The Morgan fingerprint density at radius 3 is 2.54 bits per heavy atom. The quantitative estimate of drug-likeness (QED) is 0.0896. The van der Waals surface area contributed by atoms with Crippen LogP contribution in [0.4, 0.5) is 9.93 Å². The predicted molar refractivity (Wildman–Crippen MR) is 254 cm³/mol. The Morgan fingerprint density at radius 2 is 1.82 bits per heavy atom. The average molecular weight is 957 g/mol. The van der Waals surface area contributed by atoms with Crippen LogP contribution in [0.1, 0.15) is 78.1 Å². The van der Waals surface area contributed by atoms with Crippen molar-refractivity contribution in [2.24, 2.45) is 11.8 Å². The molecule has 0 radical (unpaired) electrons. The van der Waals surface area contributed by atoms with Crippen LogP contribution >= 0.6 is 11.3 Å². The third-order valence-electron chi connectivity index (χ3n) is 13.3. The van der Waals surface area contributed by atoms with Crippen LogP contribution in [-0.2, 0) is 24.4 Å². The summed E-state index contributed by atoms with van der Waals surface area (Å²) >= 11 is 1.45. The van der Waals surface area contributed by atoms with Gasteiger partial charge < -0.3 is 40.7 Å². The number of likely N-dealkylation sites (N-methyl/N-ethyl adjacent to an activating group) is 1. The fourth-order valence-electron chi connectivity index (χ4n) is 9.23. The van der Waals surface area contributed by atoms with E-state index >= 15 is 0 Å². The summed E-state index contributed by atoms with van der Waals surface area (Å²) in [5, 5.41) is 25.8. The number of allylic oxidation sites excluding steroid dienone is 1. The van der Waals surface area contributed by atoms with E-state index in [1.54, 1.807) is 43.5 Å². The Labute approximate surface area is 395 Å². The highest BCUT2D eigenvalue weighted by atomic mass is 32.2. The zero-order valence-corrected chi connectivity index (χ0v) is 39.9. The first kappa shape index (κ1) is 47.7. The van der Waals surface area contributed by atoms with Gasteiger partial charge in [0.2, 0.25) is 21.8 Å². The van der Waals surface area contributed by atoms with Crippen LogP contribution in [0.25, 0.3) is 22.3 Å². The lowest BCUT2D eigenvalue weighted by Crippen LogP contribution is -2.59. The molecule has 6 atom stereocenters. The maximum atomic E-state index is 15.0. The summed E-state index contributed by atoms with van der Waals surface area (Å²) in [7, 11) is -0.785. The van der Waals surface area contributed by atoms with Gasteiger partial charge in [0.15, 0.2) is 5.13 Å². The van der Waals surface area contributed by atoms with E-state index in [-0.39, 0.29) is 49.2 Å². The van der Waals surface area contributed by atoms with Gasteiger partial charge in [0.1, 0.15) is 40.9 Å². The Bertz CT molecular complexity index is 2610. The SMILES string of the molecule is COc1ccc2c(O[C@@H]3C[C@H]4C(=O)N[C@]5(C(=O)O)CC5/C=C\CCCCC[C@H](NC(=O)N[C@H](CN(C)S(=O)(=O)c5ccccc5)C5CCC5)C(=O)N4C3)cc(-c3csc(NC(C)C)n3)nc2c1. The van der Waals surface area contributed by atoms with Gasteiger partial charge in [-0.1, -0.05) is 49.6 Å². The minimum absolute atomic E-state index is 0.0256. The second-order valence-electron chi connectivity index (χ2n) is 18.4.